The molecule has 0 aromatic rings. The minimum Gasteiger partial charge on any atom is -0.444 e. The van der Waals surface area contributed by atoms with Crippen LogP contribution in [0.15, 0.2) is 0 Å². The molecule has 0 aromatic carbocycles. The first kappa shape index (κ1) is 16.2. The molecule has 0 spiro atoms. The molecule has 19 heavy (non-hydrogen) atoms. The number of aliphatic hydroxyl groups excluding tert-OH is 1. The quantitative estimate of drug-likeness (QED) is 0.791. The van der Waals surface area contributed by atoms with Crippen LogP contribution in [0.1, 0.15) is 40.5 Å². The number of hydrogen-bond donors (Lipinski definition) is 1. The largest absolute Gasteiger partial charge is 0.444 e. The third-order valence-electron chi connectivity index (χ3n) is 3.27. The van der Waals surface area contributed by atoms with Gasteiger partial charge in [-0.15, -0.1) is 0 Å². The summed E-state index contributed by atoms with van der Waals surface area (Å²) in [6, 6.07) is 0.347. The summed E-state index contributed by atoms with van der Waals surface area (Å²) in [5.41, 5.74) is -0.432. The van der Waals surface area contributed by atoms with Crippen molar-refractivity contribution < 1.29 is 14.6 Å². The van der Waals surface area contributed by atoms with Crippen LogP contribution in [0.25, 0.3) is 0 Å². The number of rotatable bonds is 4. The van der Waals surface area contributed by atoms with E-state index in [2.05, 4.69) is 11.8 Å². The van der Waals surface area contributed by atoms with Gasteiger partial charge in [0.15, 0.2) is 0 Å². The Balaban J connectivity index is 2.38. The molecule has 5 nitrogen and oxygen atoms in total. The number of amides is 1. The third-order valence-corrected chi connectivity index (χ3v) is 3.27. The zero-order valence-corrected chi connectivity index (χ0v) is 12.7. The van der Waals surface area contributed by atoms with Gasteiger partial charge in [-0.1, -0.05) is 0 Å². The van der Waals surface area contributed by atoms with Crippen molar-refractivity contribution >= 4 is 6.09 Å². The standard InChI is InChI=1S/C14H28N2O3/c1-12-11-16(13(18)19-14(2,3)4)9-8-15(12)7-5-6-10-17/h12,17H,5-11H2,1-4H3/t12-/m0/s1. The van der Waals surface area contributed by atoms with Crippen LogP contribution in [0.4, 0.5) is 4.79 Å². The van der Waals surface area contributed by atoms with E-state index in [4.69, 9.17) is 9.84 Å². The van der Waals surface area contributed by atoms with Crippen LogP contribution < -0.4 is 0 Å². The summed E-state index contributed by atoms with van der Waals surface area (Å²) in [5, 5.41) is 8.80. The molecule has 0 unspecified atom stereocenters. The van der Waals surface area contributed by atoms with Gasteiger partial charge < -0.3 is 14.7 Å². The lowest BCUT2D eigenvalue weighted by Crippen LogP contribution is -2.54. The molecule has 1 saturated heterocycles. The minimum absolute atomic E-state index is 0.214. The maximum atomic E-state index is 12.0. The van der Waals surface area contributed by atoms with Crippen molar-refractivity contribution in [1.82, 2.24) is 9.80 Å². The SMILES string of the molecule is C[C@H]1CN(C(=O)OC(C)(C)C)CCN1CCCCO. The molecule has 1 aliphatic rings. The number of carbonyl (C=O) groups is 1. The number of ether oxygens (including phenoxy) is 1. The number of piperazine rings is 1. The Morgan fingerprint density at radius 3 is 2.53 bits per heavy atom. The van der Waals surface area contributed by atoms with E-state index in [1.165, 1.54) is 0 Å². The molecule has 0 radical (unpaired) electrons. The van der Waals surface area contributed by atoms with Crippen molar-refractivity contribution in [2.24, 2.45) is 0 Å². The van der Waals surface area contributed by atoms with Crippen LogP contribution >= 0.6 is 0 Å². The first-order chi connectivity index (χ1) is 8.83. The van der Waals surface area contributed by atoms with Crippen LogP contribution in [-0.4, -0.2) is 65.4 Å². The lowest BCUT2D eigenvalue weighted by atomic mass is 10.1. The molecule has 1 rings (SSSR count). The molecule has 0 aliphatic carbocycles. The Labute approximate surface area is 116 Å². The molecular formula is C14H28N2O3. The van der Waals surface area contributed by atoms with Crippen molar-refractivity contribution in [2.75, 3.05) is 32.8 Å². The summed E-state index contributed by atoms with van der Waals surface area (Å²) in [6.45, 7) is 11.4. The molecule has 1 fully saturated rings. The molecule has 1 amide bonds. The fraction of sp³-hybridized carbons (Fsp3) is 0.929. The molecule has 0 saturated carbocycles. The zero-order chi connectivity index (χ0) is 14.5. The van der Waals surface area contributed by atoms with Gasteiger partial charge in [-0.25, -0.2) is 4.79 Å². The summed E-state index contributed by atoms with van der Waals surface area (Å²) in [4.78, 5) is 16.1. The Kier molecular flexibility index (Phi) is 6.07. The molecule has 0 aromatic heterocycles. The van der Waals surface area contributed by atoms with Gasteiger partial charge in [0.05, 0.1) is 0 Å². The van der Waals surface area contributed by atoms with E-state index < -0.39 is 5.60 Å². The number of hydrogen-bond acceptors (Lipinski definition) is 4. The van der Waals surface area contributed by atoms with Crippen molar-refractivity contribution in [2.45, 2.75) is 52.2 Å². The fourth-order valence-corrected chi connectivity index (χ4v) is 2.25. The Hall–Kier alpha value is -0.810. The molecule has 5 heteroatoms. The van der Waals surface area contributed by atoms with E-state index in [0.29, 0.717) is 12.6 Å². The number of unbranched alkanes of at least 4 members (excludes halogenated alkanes) is 1. The van der Waals surface area contributed by atoms with Crippen LogP contribution in [0.5, 0.6) is 0 Å². The summed E-state index contributed by atoms with van der Waals surface area (Å²) in [7, 11) is 0. The summed E-state index contributed by atoms with van der Waals surface area (Å²) in [6.07, 6.45) is 1.64. The molecular weight excluding hydrogens is 244 g/mol. The molecule has 1 N–H and O–H groups in total. The van der Waals surface area contributed by atoms with Gasteiger partial charge in [-0.2, -0.15) is 0 Å². The van der Waals surface area contributed by atoms with E-state index in [-0.39, 0.29) is 12.7 Å². The first-order valence-electron chi connectivity index (χ1n) is 7.16. The fourth-order valence-electron chi connectivity index (χ4n) is 2.25. The Morgan fingerprint density at radius 2 is 2.00 bits per heavy atom. The first-order valence-corrected chi connectivity index (χ1v) is 7.16. The molecule has 1 heterocycles. The average molecular weight is 272 g/mol. The summed E-state index contributed by atoms with van der Waals surface area (Å²) < 4.78 is 5.39. The van der Waals surface area contributed by atoms with E-state index >= 15 is 0 Å². The lowest BCUT2D eigenvalue weighted by molar-refractivity contribution is 0.00552. The number of carbonyl (C=O) groups excluding carboxylic acids is 1. The third kappa shape index (κ3) is 5.78. The maximum Gasteiger partial charge on any atom is 0.410 e. The highest BCUT2D eigenvalue weighted by Crippen LogP contribution is 2.15. The van der Waals surface area contributed by atoms with Crippen molar-refractivity contribution in [3.63, 3.8) is 0 Å². The minimum atomic E-state index is -0.432. The predicted octanol–water partition coefficient (Wildman–Crippen LogP) is 1.70. The van der Waals surface area contributed by atoms with Crippen LogP contribution in [0, 0.1) is 0 Å². The number of aliphatic hydroxyl groups is 1. The van der Waals surface area contributed by atoms with Crippen LogP contribution in [0.2, 0.25) is 0 Å². The smallest absolute Gasteiger partial charge is 0.410 e. The van der Waals surface area contributed by atoms with Gasteiger partial charge >= 0.3 is 6.09 Å². The average Bonchev–Trinajstić information content (AvgIpc) is 2.29. The van der Waals surface area contributed by atoms with Gasteiger partial charge in [0, 0.05) is 32.3 Å². The van der Waals surface area contributed by atoms with Crippen molar-refractivity contribution in [1.29, 1.82) is 0 Å². The summed E-state index contributed by atoms with van der Waals surface area (Å²) in [5.74, 6) is 0. The van der Waals surface area contributed by atoms with Gasteiger partial charge in [0.1, 0.15) is 5.60 Å². The lowest BCUT2D eigenvalue weighted by Gasteiger charge is -2.40. The molecule has 112 valence electrons. The molecule has 1 atom stereocenters. The topological polar surface area (TPSA) is 53.0 Å². The van der Waals surface area contributed by atoms with Gasteiger partial charge in [-0.05, 0) is 47.1 Å². The molecule has 1 aliphatic heterocycles. The van der Waals surface area contributed by atoms with Crippen molar-refractivity contribution in [3.05, 3.63) is 0 Å². The van der Waals surface area contributed by atoms with Gasteiger partial charge in [-0.3, -0.25) is 4.90 Å². The molecule has 0 bridgehead atoms. The van der Waals surface area contributed by atoms with Crippen LogP contribution in [0.3, 0.4) is 0 Å². The number of nitrogens with zero attached hydrogens (tertiary/aromatic N) is 2. The van der Waals surface area contributed by atoms with E-state index in [0.717, 1.165) is 32.5 Å². The monoisotopic (exact) mass is 272 g/mol. The van der Waals surface area contributed by atoms with Crippen LogP contribution in [-0.2, 0) is 4.74 Å². The normalized spacial score (nSPS) is 21.5. The maximum absolute atomic E-state index is 12.0. The predicted molar refractivity (Wildman–Crippen MR) is 75.2 cm³/mol. The second-order valence-electron chi connectivity index (χ2n) is 6.24. The second-order valence-corrected chi connectivity index (χ2v) is 6.24. The second kappa shape index (κ2) is 7.10. The Morgan fingerprint density at radius 1 is 1.32 bits per heavy atom. The van der Waals surface area contributed by atoms with E-state index in [1.807, 2.05) is 20.8 Å². The zero-order valence-electron chi connectivity index (χ0n) is 12.7. The van der Waals surface area contributed by atoms with Gasteiger partial charge in [0.25, 0.3) is 0 Å². The van der Waals surface area contributed by atoms with E-state index in [9.17, 15) is 4.79 Å². The van der Waals surface area contributed by atoms with Gasteiger partial charge in [0.2, 0.25) is 0 Å². The summed E-state index contributed by atoms with van der Waals surface area (Å²) >= 11 is 0. The van der Waals surface area contributed by atoms with E-state index in [1.54, 1.807) is 4.90 Å². The Bertz CT molecular complexity index is 289. The highest BCUT2D eigenvalue weighted by molar-refractivity contribution is 5.68. The highest BCUT2D eigenvalue weighted by Gasteiger charge is 2.29. The highest BCUT2D eigenvalue weighted by atomic mass is 16.6. The van der Waals surface area contributed by atoms with Crippen molar-refractivity contribution in [3.8, 4) is 0 Å².